The van der Waals surface area contributed by atoms with Gasteiger partial charge in [0.1, 0.15) is 0 Å². The largest absolute Gasteiger partial charge is 0.479 e. The molecular formula is C6H14N2O2. The van der Waals surface area contributed by atoms with Gasteiger partial charge in [0.2, 0.25) is 0 Å². The molecular weight excluding hydrogens is 132 g/mol. The number of carboxylic acid groups (broad SMARTS) is 1. The molecule has 0 fully saturated rings. The van der Waals surface area contributed by atoms with E-state index >= 15 is 0 Å². The Hall–Kier alpha value is -0.610. The van der Waals surface area contributed by atoms with Crippen molar-refractivity contribution in [3.05, 3.63) is 0 Å². The van der Waals surface area contributed by atoms with Crippen LogP contribution in [0.2, 0.25) is 0 Å². The van der Waals surface area contributed by atoms with E-state index < -0.39 is 12.1 Å². The van der Waals surface area contributed by atoms with E-state index in [0.717, 1.165) is 0 Å². The normalized spacial score (nSPS) is 13.6. The summed E-state index contributed by atoms with van der Waals surface area (Å²) in [6, 6.07) is 0. The number of hydrogen-bond acceptors (Lipinski definition) is 3. The van der Waals surface area contributed by atoms with Crippen molar-refractivity contribution < 1.29 is 9.90 Å². The van der Waals surface area contributed by atoms with Crippen LogP contribution in [0.4, 0.5) is 0 Å². The Bertz CT molecular complexity index is 112. The van der Waals surface area contributed by atoms with E-state index in [1.807, 2.05) is 13.8 Å². The maximum absolute atomic E-state index is 10.3. The fourth-order valence-corrected chi connectivity index (χ4v) is 0.773. The molecule has 0 saturated carbocycles. The van der Waals surface area contributed by atoms with Gasteiger partial charge in [0.05, 0.1) is 0 Å². The third-order valence-corrected chi connectivity index (χ3v) is 1.46. The molecule has 4 nitrogen and oxygen atoms in total. The van der Waals surface area contributed by atoms with Gasteiger partial charge in [0.25, 0.3) is 0 Å². The Morgan fingerprint density at radius 2 is 2.00 bits per heavy atom. The molecule has 0 heterocycles. The average molecular weight is 146 g/mol. The summed E-state index contributed by atoms with van der Waals surface area (Å²) in [5.74, 6) is -0.969. The summed E-state index contributed by atoms with van der Waals surface area (Å²) in [6.07, 6.45) is -0.852. The first kappa shape index (κ1) is 9.39. The Labute approximate surface area is 60.6 Å². The van der Waals surface area contributed by atoms with E-state index in [1.54, 1.807) is 4.90 Å². The van der Waals surface area contributed by atoms with Gasteiger partial charge in [0, 0.05) is 0 Å². The van der Waals surface area contributed by atoms with E-state index in [1.165, 1.54) is 0 Å². The second-order valence-corrected chi connectivity index (χ2v) is 2.00. The second-order valence-electron chi connectivity index (χ2n) is 2.00. The molecule has 0 aliphatic carbocycles. The van der Waals surface area contributed by atoms with Gasteiger partial charge in [-0.1, -0.05) is 13.8 Å². The highest BCUT2D eigenvalue weighted by Gasteiger charge is 2.16. The van der Waals surface area contributed by atoms with Crippen molar-refractivity contribution in [1.82, 2.24) is 4.90 Å². The molecule has 0 aromatic rings. The minimum atomic E-state index is -0.969. The van der Waals surface area contributed by atoms with Crippen molar-refractivity contribution in [2.75, 3.05) is 13.1 Å². The minimum Gasteiger partial charge on any atom is -0.479 e. The molecule has 0 bridgehead atoms. The zero-order valence-corrected chi connectivity index (χ0v) is 6.37. The lowest BCUT2D eigenvalue weighted by Gasteiger charge is -2.21. The Kier molecular flexibility index (Phi) is 3.99. The molecule has 0 aliphatic heterocycles. The number of rotatable bonds is 4. The molecule has 0 saturated heterocycles. The molecule has 0 spiro atoms. The first-order chi connectivity index (χ1) is 4.63. The number of nitrogens with zero attached hydrogens (tertiary/aromatic N) is 1. The van der Waals surface area contributed by atoms with Crippen LogP contribution in [0.25, 0.3) is 0 Å². The Morgan fingerprint density at radius 3 is 2.10 bits per heavy atom. The number of hydrogen-bond donors (Lipinski definition) is 2. The number of carbonyl (C=O) groups is 1. The van der Waals surface area contributed by atoms with Gasteiger partial charge in [-0.05, 0) is 13.1 Å². The highest BCUT2D eigenvalue weighted by atomic mass is 16.4. The highest BCUT2D eigenvalue weighted by molar-refractivity contribution is 5.72. The predicted octanol–water partition coefficient (Wildman–Crippen LogP) is -0.302. The van der Waals surface area contributed by atoms with Crippen LogP contribution in [-0.4, -0.2) is 35.2 Å². The van der Waals surface area contributed by atoms with Crippen LogP contribution in [0.1, 0.15) is 13.8 Å². The van der Waals surface area contributed by atoms with Crippen LogP contribution < -0.4 is 5.73 Å². The summed E-state index contributed by atoms with van der Waals surface area (Å²) in [5.41, 5.74) is 5.31. The molecule has 0 aromatic carbocycles. The van der Waals surface area contributed by atoms with Gasteiger partial charge in [0.15, 0.2) is 6.17 Å². The van der Waals surface area contributed by atoms with E-state index in [-0.39, 0.29) is 0 Å². The summed E-state index contributed by atoms with van der Waals surface area (Å²) in [7, 11) is 0. The third kappa shape index (κ3) is 2.33. The second kappa shape index (κ2) is 4.24. The van der Waals surface area contributed by atoms with Crippen LogP contribution >= 0.6 is 0 Å². The van der Waals surface area contributed by atoms with E-state index in [2.05, 4.69) is 0 Å². The first-order valence-corrected chi connectivity index (χ1v) is 3.35. The van der Waals surface area contributed by atoms with Crippen molar-refractivity contribution >= 4 is 5.97 Å². The minimum absolute atomic E-state index is 0.671. The zero-order valence-electron chi connectivity index (χ0n) is 6.37. The summed E-state index contributed by atoms with van der Waals surface area (Å²) in [6.45, 7) is 5.10. The van der Waals surface area contributed by atoms with Crippen LogP contribution in [0.15, 0.2) is 0 Å². The van der Waals surface area contributed by atoms with Gasteiger partial charge in [-0.3, -0.25) is 4.90 Å². The molecule has 0 aromatic heterocycles. The van der Waals surface area contributed by atoms with Crippen molar-refractivity contribution in [1.29, 1.82) is 0 Å². The van der Waals surface area contributed by atoms with Gasteiger partial charge in [-0.15, -0.1) is 0 Å². The fourth-order valence-electron chi connectivity index (χ4n) is 0.773. The Morgan fingerprint density at radius 1 is 1.60 bits per heavy atom. The topological polar surface area (TPSA) is 66.6 Å². The average Bonchev–Trinajstić information content (AvgIpc) is 1.90. The number of likely N-dealkylation sites (N-methyl/N-ethyl adjacent to an activating group) is 1. The predicted molar refractivity (Wildman–Crippen MR) is 38.5 cm³/mol. The standard InChI is InChI=1S/C6H14N2O2/c1-3-8(4-2)5(7)6(9)10/h5H,3-4,7H2,1-2H3,(H,9,10)/t5-/m1/s1. The van der Waals surface area contributed by atoms with Crippen molar-refractivity contribution in [2.45, 2.75) is 20.0 Å². The lowest BCUT2D eigenvalue weighted by Crippen LogP contribution is -2.47. The van der Waals surface area contributed by atoms with Crippen molar-refractivity contribution in [3.8, 4) is 0 Å². The quantitative estimate of drug-likeness (QED) is 0.534. The van der Waals surface area contributed by atoms with Crippen LogP contribution in [0.5, 0.6) is 0 Å². The molecule has 0 amide bonds. The maximum atomic E-state index is 10.3. The SMILES string of the molecule is CCN(CC)[C@@H](N)C(=O)O. The van der Waals surface area contributed by atoms with E-state index in [4.69, 9.17) is 10.8 Å². The summed E-state index contributed by atoms with van der Waals surface area (Å²) >= 11 is 0. The smallest absolute Gasteiger partial charge is 0.335 e. The fraction of sp³-hybridized carbons (Fsp3) is 0.833. The molecule has 0 radical (unpaired) electrons. The highest BCUT2D eigenvalue weighted by Crippen LogP contribution is 1.91. The van der Waals surface area contributed by atoms with E-state index in [0.29, 0.717) is 13.1 Å². The first-order valence-electron chi connectivity index (χ1n) is 3.35. The van der Waals surface area contributed by atoms with Gasteiger partial charge >= 0.3 is 5.97 Å². The molecule has 60 valence electrons. The molecule has 1 atom stereocenters. The number of aliphatic carboxylic acids is 1. The number of nitrogens with two attached hydrogens (primary N) is 1. The molecule has 0 rings (SSSR count). The Balaban J connectivity index is 3.88. The molecule has 10 heavy (non-hydrogen) atoms. The van der Waals surface area contributed by atoms with Crippen LogP contribution in [-0.2, 0) is 4.79 Å². The van der Waals surface area contributed by atoms with E-state index in [9.17, 15) is 4.79 Å². The summed E-state index contributed by atoms with van der Waals surface area (Å²) < 4.78 is 0. The van der Waals surface area contributed by atoms with Crippen LogP contribution in [0, 0.1) is 0 Å². The maximum Gasteiger partial charge on any atom is 0.335 e. The molecule has 3 N–H and O–H groups in total. The molecule has 4 heteroatoms. The zero-order chi connectivity index (χ0) is 8.15. The molecule has 0 unspecified atom stereocenters. The summed E-state index contributed by atoms with van der Waals surface area (Å²) in [4.78, 5) is 12.0. The van der Waals surface area contributed by atoms with Crippen molar-refractivity contribution in [3.63, 3.8) is 0 Å². The third-order valence-electron chi connectivity index (χ3n) is 1.46. The number of carboxylic acids is 1. The molecule has 0 aliphatic rings. The van der Waals surface area contributed by atoms with Crippen molar-refractivity contribution in [2.24, 2.45) is 5.73 Å². The van der Waals surface area contributed by atoms with Crippen LogP contribution in [0.3, 0.4) is 0 Å². The summed E-state index contributed by atoms with van der Waals surface area (Å²) in [5, 5.41) is 8.45. The lowest BCUT2D eigenvalue weighted by molar-refractivity contribution is -0.143. The lowest BCUT2D eigenvalue weighted by atomic mass is 10.4. The van der Waals surface area contributed by atoms with Gasteiger partial charge < -0.3 is 10.8 Å². The monoisotopic (exact) mass is 146 g/mol. The van der Waals surface area contributed by atoms with Gasteiger partial charge in [-0.2, -0.15) is 0 Å². The van der Waals surface area contributed by atoms with Gasteiger partial charge in [-0.25, -0.2) is 4.79 Å².